The number of thiol groups is 1. The molecule has 0 aliphatic rings. The highest BCUT2D eigenvalue weighted by atomic mass is 32.1. The van der Waals surface area contributed by atoms with Gasteiger partial charge < -0.3 is 4.52 Å². The van der Waals surface area contributed by atoms with Crippen molar-refractivity contribution in [3.05, 3.63) is 23.9 Å². The summed E-state index contributed by atoms with van der Waals surface area (Å²) in [6.45, 7) is 3.51. The van der Waals surface area contributed by atoms with Crippen LogP contribution in [0.4, 0.5) is 0 Å². The van der Waals surface area contributed by atoms with Gasteiger partial charge in [-0.3, -0.25) is 5.41 Å². The van der Waals surface area contributed by atoms with Crippen molar-refractivity contribution in [1.29, 1.82) is 5.41 Å². The maximum absolute atomic E-state index is 11.2. The van der Waals surface area contributed by atoms with E-state index in [1.54, 1.807) is 6.08 Å². The van der Waals surface area contributed by atoms with E-state index in [0.29, 0.717) is 12.1 Å². The van der Waals surface area contributed by atoms with Crippen LogP contribution in [0.25, 0.3) is 0 Å². The standard InChI is InChI=1S/C7H9N3O2S/c1-2-3-5-7(8)12-9-10(5)6(11)4-13/h2,8,13H,1,3-4H2. The van der Waals surface area contributed by atoms with Gasteiger partial charge in [0.05, 0.1) is 6.42 Å². The first-order chi connectivity index (χ1) is 6.20. The van der Waals surface area contributed by atoms with Crippen LogP contribution in [-0.2, 0) is 6.42 Å². The van der Waals surface area contributed by atoms with E-state index in [0.717, 1.165) is 4.68 Å². The zero-order chi connectivity index (χ0) is 9.84. The van der Waals surface area contributed by atoms with Gasteiger partial charge in [0.1, 0.15) is 5.75 Å². The van der Waals surface area contributed by atoms with E-state index in [1.165, 1.54) is 0 Å². The van der Waals surface area contributed by atoms with E-state index in [1.807, 2.05) is 0 Å². The summed E-state index contributed by atoms with van der Waals surface area (Å²) >= 11 is 3.81. The van der Waals surface area contributed by atoms with Crippen LogP contribution in [-0.4, -0.2) is 11.7 Å². The molecule has 1 N–H and O–H groups in total. The molecule has 6 heteroatoms. The van der Waals surface area contributed by atoms with Crippen LogP contribution >= 0.6 is 12.6 Å². The fourth-order valence-electron chi connectivity index (χ4n) is 0.859. The highest BCUT2D eigenvalue weighted by Gasteiger charge is 2.16. The third-order valence-corrected chi connectivity index (χ3v) is 1.71. The minimum atomic E-state index is -0.317. The Labute approximate surface area is 79.9 Å². The van der Waals surface area contributed by atoms with Crippen molar-refractivity contribution < 1.29 is 14.0 Å². The molecule has 13 heavy (non-hydrogen) atoms. The Hall–Kier alpha value is -1.30. The van der Waals surface area contributed by atoms with Crippen LogP contribution in [0.1, 0.15) is 10.5 Å². The highest BCUT2D eigenvalue weighted by Crippen LogP contribution is 1.85. The Morgan fingerprint density at radius 2 is 2.54 bits per heavy atom. The van der Waals surface area contributed by atoms with Gasteiger partial charge in [0.2, 0.25) is 5.69 Å². The Bertz CT molecular complexity index is 379. The highest BCUT2D eigenvalue weighted by molar-refractivity contribution is 7.81. The maximum atomic E-state index is 11.2. The Morgan fingerprint density at radius 3 is 3.08 bits per heavy atom. The van der Waals surface area contributed by atoms with Gasteiger partial charge in [0.25, 0.3) is 5.55 Å². The third kappa shape index (κ3) is 1.89. The van der Waals surface area contributed by atoms with Crippen LogP contribution in [0.15, 0.2) is 17.2 Å². The lowest BCUT2D eigenvalue weighted by atomic mass is 10.3. The normalized spacial score (nSPS) is 9.92. The number of allylic oxidation sites excluding steroid dienone is 1. The molecule has 0 radical (unpaired) electrons. The summed E-state index contributed by atoms with van der Waals surface area (Å²) in [4.78, 5) is 11.2. The molecule has 0 aliphatic heterocycles. The van der Waals surface area contributed by atoms with E-state index >= 15 is 0 Å². The van der Waals surface area contributed by atoms with E-state index in [9.17, 15) is 4.79 Å². The van der Waals surface area contributed by atoms with E-state index < -0.39 is 0 Å². The molecule has 0 aliphatic carbocycles. The molecule has 0 amide bonds. The van der Waals surface area contributed by atoms with Crippen molar-refractivity contribution in [1.82, 2.24) is 5.27 Å². The van der Waals surface area contributed by atoms with Crippen molar-refractivity contribution in [3.8, 4) is 0 Å². The van der Waals surface area contributed by atoms with Gasteiger partial charge in [0.15, 0.2) is 0 Å². The van der Waals surface area contributed by atoms with Crippen LogP contribution < -0.4 is 15.5 Å². The molecule has 1 aromatic rings. The summed E-state index contributed by atoms with van der Waals surface area (Å²) in [6, 6.07) is 0. The van der Waals surface area contributed by atoms with Crippen LogP contribution in [0.2, 0.25) is 0 Å². The molecule has 1 rings (SSSR count). The lowest BCUT2D eigenvalue weighted by Gasteiger charge is -1.93. The molecule has 0 bridgehead atoms. The minimum Gasteiger partial charge on any atom is -0.486 e. The number of hydrogen-bond donors (Lipinski definition) is 2. The summed E-state index contributed by atoms with van der Waals surface area (Å²) in [6.07, 6.45) is 1.95. The van der Waals surface area contributed by atoms with Crippen molar-refractivity contribution in [2.24, 2.45) is 0 Å². The Kier molecular flexibility index (Phi) is 3.07. The quantitative estimate of drug-likeness (QED) is 0.384. The Balaban J connectivity index is 3.14. The van der Waals surface area contributed by atoms with Gasteiger partial charge in [-0.25, -0.2) is 10.1 Å². The van der Waals surface area contributed by atoms with Crippen molar-refractivity contribution in [2.45, 2.75) is 6.42 Å². The zero-order valence-corrected chi connectivity index (χ0v) is 7.75. The molecular weight excluding hydrogens is 190 g/mol. The second kappa shape index (κ2) is 4.08. The molecule has 70 valence electrons. The molecular formula is C7H9N3O2S. The fraction of sp³-hybridized carbons (Fsp3) is 0.286. The maximum Gasteiger partial charge on any atom is 0.394 e. The van der Waals surface area contributed by atoms with Gasteiger partial charge in [-0.15, -0.1) is 6.58 Å². The van der Waals surface area contributed by atoms with Gasteiger partial charge in [-0.05, 0) is 0 Å². The minimum absolute atomic E-state index is 0.0286. The summed E-state index contributed by atoms with van der Waals surface area (Å²) in [7, 11) is 0. The van der Waals surface area contributed by atoms with Crippen LogP contribution in [0.3, 0.4) is 0 Å². The number of nitrogens with one attached hydrogen (secondary N) is 1. The van der Waals surface area contributed by atoms with Gasteiger partial charge in [0, 0.05) is 0 Å². The topological polar surface area (TPSA) is 72.0 Å². The fourth-order valence-corrected chi connectivity index (χ4v) is 0.993. The van der Waals surface area contributed by atoms with Gasteiger partial charge in [-0.1, -0.05) is 6.08 Å². The lowest BCUT2D eigenvalue weighted by molar-refractivity contribution is -0.659. The molecule has 1 heterocycles. The molecule has 5 nitrogen and oxygen atoms in total. The third-order valence-electron chi connectivity index (χ3n) is 1.44. The van der Waals surface area contributed by atoms with E-state index in [-0.39, 0.29) is 17.2 Å². The second-order valence-electron chi connectivity index (χ2n) is 2.31. The van der Waals surface area contributed by atoms with Crippen molar-refractivity contribution in [3.63, 3.8) is 0 Å². The summed E-state index contributed by atoms with van der Waals surface area (Å²) in [5, 5.41) is 10.7. The number of hydrogen-bond acceptors (Lipinski definition) is 4. The predicted molar refractivity (Wildman–Crippen MR) is 46.5 cm³/mol. The molecule has 1 aromatic heterocycles. The smallest absolute Gasteiger partial charge is 0.394 e. The van der Waals surface area contributed by atoms with Gasteiger partial charge in [-0.2, -0.15) is 17.3 Å². The SMILES string of the molecule is C=CCc1c(=N)o[n-][n+]1C(=O)CS. The first-order valence-corrected chi connectivity index (χ1v) is 4.21. The molecule has 0 unspecified atom stereocenters. The largest absolute Gasteiger partial charge is 0.486 e. The molecule has 0 saturated heterocycles. The predicted octanol–water partition coefficient (Wildman–Crippen LogP) is -0.698. The van der Waals surface area contributed by atoms with Gasteiger partial charge >= 0.3 is 5.91 Å². The second-order valence-corrected chi connectivity index (χ2v) is 2.62. The number of nitrogens with zero attached hydrogens (tertiary/aromatic N) is 2. The van der Waals surface area contributed by atoms with Crippen molar-refractivity contribution in [2.75, 3.05) is 5.75 Å². The zero-order valence-electron chi connectivity index (χ0n) is 6.86. The van der Waals surface area contributed by atoms with E-state index in [4.69, 9.17) is 5.41 Å². The first-order valence-electron chi connectivity index (χ1n) is 3.58. The molecule has 0 atom stereocenters. The summed E-state index contributed by atoms with van der Waals surface area (Å²) in [5.41, 5.74) is 0.282. The average Bonchev–Trinajstić information content (AvgIpc) is 2.48. The monoisotopic (exact) mass is 199 g/mol. The van der Waals surface area contributed by atoms with Crippen molar-refractivity contribution >= 4 is 18.5 Å². The first kappa shape index (κ1) is 9.79. The Morgan fingerprint density at radius 1 is 1.85 bits per heavy atom. The lowest BCUT2D eigenvalue weighted by Crippen LogP contribution is -2.50. The summed E-state index contributed by atoms with van der Waals surface area (Å²) in [5.74, 6) is -0.289. The molecule has 0 spiro atoms. The van der Waals surface area contributed by atoms with Crippen LogP contribution in [0, 0.1) is 5.41 Å². The van der Waals surface area contributed by atoms with Crippen LogP contribution in [0.5, 0.6) is 0 Å². The number of carbonyl (C=O) groups is 1. The number of aromatic nitrogens is 2. The number of carbonyl (C=O) groups excluding carboxylic acids is 1. The van der Waals surface area contributed by atoms with E-state index in [2.05, 4.69) is 29.0 Å². The number of rotatable bonds is 3. The molecule has 0 fully saturated rings. The summed E-state index contributed by atoms with van der Waals surface area (Å²) < 4.78 is 5.59. The molecule has 0 saturated carbocycles. The molecule has 0 aromatic carbocycles. The average molecular weight is 199 g/mol.